The maximum atomic E-state index is 12.9. The van der Waals surface area contributed by atoms with E-state index in [9.17, 15) is 14.4 Å². The molecule has 2 aliphatic carbocycles. The standard InChI is InChI=1S/C28H32N2O5/c31-26(32)13-12-18-15-30(16-18)27(33)19-6-5-7-20(14-19)29-28(34)35-17-25-23-10-3-1-8-21(23)22-9-2-4-11-24(22)25/h1-4,8-11,18-20,25H,5-7,12-17H2,(H,29,34)(H,31,32). The van der Waals surface area contributed by atoms with Crippen LogP contribution < -0.4 is 5.32 Å². The van der Waals surface area contributed by atoms with E-state index in [2.05, 4.69) is 29.6 Å². The van der Waals surface area contributed by atoms with Gasteiger partial charge in [0.25, 0.3) is 0 Å². The summed E-state index contributed by atoms with van der Waals surface area (Å²) in [5, 5.41) is 11.8. The molecular formula is C28H32N2O5. The Morgan fingerprint density at radius 1 is 0.971 bits per heavy atom. The van der Waals surface area contributed by atoms with Crippen molar-refractivity contribution >= 4 is 18.0 Å². The molecule has 1 saturated heterocycles. The topological polar surface area (TPSA) is 95.9 Å². The van der Waals surface area contributed by atoms with Crippen LogP contribution in [0.15, 0.2) is 48.5 Å². The molecule has 1 heterocycles. The van der Waals surface area contributed by atoms with Crippen molar-refractivity contribution in [2.24, 2.45) is 11.8 Å². The van der Waals surface area contributed by atoms with Gasteiger partial charge in [-0.2, -0.15) is 0 Å². The first-order chi connectivity index (χ1) is 17.0. The fourth-order valence-electron chi connectivity index (χ4n) is 5.87. The number of carbonyl (C=O) groups excluding carboxylic acids is 2. The molecule has 0 radical (unpaired) electrons. The number of nitrogens with one attached hydrogen (secondary N) is 1. The number of benzene rings is 2. The first-order valence-electron chi connectivity index (χ1n) is 12.6. The van der Waals surface area contributed by atoms with E-state index in [4.69, 9.17) is 9.84 Å². The summed E-state index contributed by atoms with van der Waals surface area (Å²) >= 11 is 0. The number of aliphatic carboxylic acids is 1. The zero-order valence-corrected chi connectivity index (χ0v) is 19.8. The normalized spacial score (nSPS) is 21.5. The van der Waals surface area contributed by atoms with Gasteiger partial charge < -0.3 is 20.1 Å². The SMILES string of the molecule is O=C(O)CCC1CN(C(=O)C2CCCC(NC(=O)OCC3c4ccccc4-c4ccccc43)C2)C1. The molecular weight excluding hydrogens is 444 g/mol. The maximum absolute atomic E-state index is 12.9. The Morgan fingerprint density at radius 3 is 2.29 bits per heavy atom. The van der Waals surface area contributed by atoms with Crippen LogP contribution in [-0.2, 0) is 14.3 Å². The van der Waals surface area contributed by atoms with Gasteiger partial charge in [-0.3, -0.25) is 9.59 Å². The van der Waals surface area contributed by atoms with E-state index < -0.39 is 12.1 Å². The number of hydrogen-bond acceptors (Lipinski definition) is 4. The van der Waals surface area contributed by atoms with E-state index in [1.54, 1.807) is 0 Å². The summed E-state index contributed by atoms with van der Waals surface area (Å²) in [6.07, 6.45) is 3.54. The summed E-state index contributed by atoms with van der Waals surface area (Å²) < 4.78 is 5.68. The molecule has 2 amide bonds. The van der Waals surface area contributed by atoms with Crippen molar-refractivity contribution in [3.63, 3.8) is 0 Å². The highest BCUT2D eigenvalue weighted by atomic mass is 16.5. The van der Waals surface area contributed by atoms with Gasteiger partial charge in [-0.05, 0) is 53.9 Å². The average molecular weight is 477 g/mol. The van der Waals surface area contributed by atoms with E-state index in [-0.39, 0.29) is 42.7 Å². The Labute approximate surface area is 205 Å². The van der Waals surface area contributed by atoms with Gasteiger partial charge in [0.05, 0.1) is 0 Å². The van der Waals surface area contributed by atoms with Gasteiger partial charge in [0.15, 0.2) is 0 Å². The van der Waals surface area contributed by atoms with E-state index in [1.165, 1.54) is 22.3 Å². The van der Waals surface area contributed by atoms with Gasteiger partial charge in [0.1, 0.15) is 6.61 Å². The van der Waals surface area contributed by atoms with Gasteiger partial charge in [-0.15, -0.1) is 0 Å². The number of carboxylic acids is 1. The highest BCUT2D eigenvalue weighted by molar-refractivity contribution is 5.80. The smallest absolute Gasteiger partial charge is 0.407 e. The Balaban J connectivity index is 1.11. The van der Waals surface area contributed by atoms with Crippen molar-refractivity contribution in [1.29, 1.82) is 0 Å². The molecule has 0 bridgehead atoms. The number of ether oxygens (including phenoxy) is 1. The Bertz CT molecular complexity index is 1060. The molecule has 5 rings (SSSR count). The molecule has 7 nitrogen and oxygen atoms in total. The number of rotatable bonds is 7. The van der Waals surface area contributed by atoms with Crippen LogP contribution in [0.1, 0.15) is 55.6 Å². The van der Waals surface area contributed by atoms with E-state index in [0.29, 0.717) is 25.9 Å². The maximum Gasteiger partial charge on any atom is 0.407 e. The number of carbonyl (C=O) groups is 3. The number of likely N-dealkylation sites (tertiary alicyclic amines) is 1. The monoisotopic (exact) mass is 476 g/mol. The molecule has 2 fully saturated rings. The lowest BCUT2D eigenvalue weighted by Gasteiger charge is -2.42. The summed E-state index contributed by atoms with van der Waals surface area (Å²) in [5.74, 6) is -0.439. The van der Waals surface area contributed by atoms with Crippen molar-refractivity contribution in [2.45, 2.75) is 50.5 Å². The molecule has 2 aromatic rings. The Hall–Kier alpha value is -3.35. The zero-order valence-electron chi connectivity index (χ0n) is 19.8. The fraction of sp³-hybridized carbons (Fsp3) is 0.464. The summed E-state index contributed by atoms with van der Waals surface area (Å²) in [6, 6.07) is 16.4. The van der Waals surface area contributed by atoms with Crippen molar-refractivity contribution in [1.82, 2.24) is 10.2 Å². The average Bonchev–Trinajstić information content (AvgIpc) is 3.15. The summed E-state index contributed by atoms with van der Waals surface area (Å²) in [4.78, 5) is 38.1. The molecule has 0 spiro atoms. The highest BCUT2D eigenvalue weighted by Gasteiger charge is 2.37. The van der Waals surface area contributed by atoms with Gasteiger partial charge >= 0.3 is 12.1 Å². The Kier molecular flexibility index (Phi) is 6.75. The third-order valence-corrected chi connectivity index (χ3v) is 7.72. The predicted molar refractivity (Wildman–Crippen MR) is 131 cm³/mol. The minimum atomic E-state index is -0.788. The molecule has 1 saturated carbocycles. The van der Waals surface area contributed by atoms with Crippen LogP contribution >= 0.6 is 0 Å². The van der Waals surface area contributed by atoms with Crippen LogP contribution in [-0.4, -0.2) is 53.7 Å². The van der Waals surface area contributed by atoms with Gasteiger partial charge in [0, 0.05) is 37.4 Å². The second-order valence-electron chi connectivity index (χ2n) is 10.1. The van der Waals surface area contributed by atoms with Crippen LogP contribution in [0.2, 0.25) is 0 Å². The van der Waals surface area contributed by atoms with Crippen LogP contribution in [0.5, 0.6) is 0 Å². The van der Waals surface area contributed by atoms with E-state index in [1.807, 2.05) is 29.2 Å². The number of fused-ring (bicyclic) bond motifs is 3. The van der Waals surface area contributed by atoms with E-state index >= 15 is 0 Å². The summed E-state index contributed by atoms with van der Waals surface area (Å²) in [6.45, 7) is 1.57. The lowest BCUT2D eigenvalue weighted by molar-refractivity contribution is -0.144. The zero-order chi connectivity index (χ0) is 24.4. The molecule has 2 unspecified atom stereocenters. The van der Waals surface area contributed by atoms with Crippen LogP contribution in [0.25, 0.3) is 11.1 Å². The lowest BCUT2D eigenvalue weighted by Crippen LogP contribution is -2.53. The van der Waals surface area contributed by atoms with Crippen molar-refractivity contribution < 1.29 is 24.2 Å². The highest BCUT2D eigenvalue weighted by Crippen LogP contribution is 2.44. The largest absolute Gasteiger partial charge is 0.481 e. The molecule has 184 valence electrons. The number of carboxylic acid groups (broad SMARTS) is 1. The first kappa shape index (κ1) is 23.4. The summed E-state index contributed by atoms with van der Waals surface area (Å²) in [5.41, 5.74) is 4.76. The second kappa shape index (κ2) is 10.1. The van der Waals surface area contributed by atoms with Gasteiger partial charge in [0.2, 0.25) is 5.91 Å². The summed E-state index contributed by atoms with van der Waals surface area (Å²) in [7, 11) is 0. The second-order valence-corrected chi connectivity index (χ2v) is 10.1. The van der Waals surface area contributed by atoms with Crippen LogP contribution in [0, 0.1) is 11.8 Å². The van der Waals surface area contributed by atoms with Crippen molar-refractivity contribution in [2.75, 3.05) is 19.7 Å². The minimum absolute atomic E-state index is 0.0225. The van der Waals surface area contributed by atoms with E-state index in [0.717, 1.165) is 19.3 Å². The first-order valence-corrected chi connectivity index (χ1v) is 12.6. The third kappa shape index (κ3) is 5.04. The number of hydrogen-bond donors (Lipinski definition) is 2. The number of alkyl carbamates (subject to hydrolysis) is 1. The molecule has 0 aromatic heterocycles. The van der Waals surface area contributed by atoms with Crippen molar-refractivity contribution in [3.05, 3.63) is 59.7 Å². The fourth-order valence-corrected chi connectivity index (χ4v) is 5.87. The van der Waals surface area contributed by atoms with Crippen LogP contribution in [0.4, 0.5) is 4.79 Å². The Morgan fingerprint density at radius 2 is 1.63 bits per heavy atom. The molecule has 35 heavy (non-hydrogen) atoms. The molecule has 2 atom stereocenters. The molecule has 2 N–H and O–H groups in total. The third-order valence-electron chi connectivity index (χ3n) is 7.72. The molecule has 3 aliphatic rings. The van der Waals surface area contributed by atoms with Gasteiger partial charge in [-0.1, -0.05) is 55.0 Å². The minimum Gasteiger partial charge on any atom is -0.481 e. The number of amides is 2. The number of nitrogens with zero attached hydrogens (tertiary/aromatic N) is 1. The lowest BCUT2D eigenvalue weighted by atomic mass is 9.83. The molecule has 2 aromatic carbocycles. The predicted octanol–water partition coefficient (Wildman–Crippen LogP) is 4.41. The molecule has 1 aliphatic heterocycles. The van der Waals surface area contributed by atoms with Crippen LogP contribution in [0.3, 0.4) is 0 Å². The van der Waals surface area contributed by atoms with Gasteiger partial charge in [-0.25, -0.2) is 4.79 Å². The quantitative estimate of drug-likeness (QED) is 0.617. The molecule has 7 heteroatoms. The van der Waals surface area contributed by atoms with Crippen molar-refractivity contribution in [3.8, 4) is 11.1 Å².